The van der Waals surface area contributed by atoms with Crippen LogP contribution in [0.15, 0.2) is 21.3 Å². The number of primary amides is 1. The number of carboxylic acids is 1. The summed E-state index contributed by atoms with van der Waals surface area (Å²) in [5, 5.41) is 19.0. The van der Waals surface area contributed by atoms with Crippen LogP contribution in [-0.2, 0) is 9.59 Å². The molecule has 2 rings (SSSR count). The first-order valence-corrected chi connectivity index (χ1v) is 8.68. The number of rotatable bonds is 7. The first kappa shape index (κ1) is 20.4. The molecule has 4 N–H and O–H groups in total. The summed E-state index contributed by atoms with van der Waals surface area (Å²) in [6.07, 6.45) is 2.34. The molecule has 2 aromatic rings. The molecule has 0 aliphatic heterocycles. The number of carbonyl (C=O) groups is 3. The van der Waals surface area contributed by atoms with E-state index in [1.807, 2.05) is 19.2 Å². The normalized spacial score (nSPS) is 9.84. The highest BCUT2D eigenvalue weighted by Gasteiger charge is 2.25. The van der Waals surface area contributed by atoms with Gasteiger partial charge in [0.15, 0.2) is 5.56 Å². The molecule has 0 spiro atoms. The van der Waals surface area contributed by atoms with Crippen molar-refractivity contribution in [2.75, 3.05) is 5.32 Å². The average Bonchev–Trinajstić information content (AvgIpc) is 3.16. The van der Waals surface area contributed by atoms with Crippen LogP contribution in [0.3, 0.4) is 0 Å². The van der Waals surface area contributed by atoms with Crippen molar-refractivity contribution in [1.29, 1.82) is 0 Å². The Morgan fingerprint density at radius 2 is 1.96 bits per heavy atom. The fourth-order valence-corrected chi connectivity index (χ4v) is 2.47. The summed E-state index contributed by atoms with van der Waals surface area (Å²) in [6.45, 7) is 3.78. The van der Waals surface area contributed by atoms with Gasteiger partial charge in [-0.1, -0.05) is 19.0 Å². The van der Waals surface area contributed by atoms with E-state index < -0.39 is 5.97 Å². The topological polar surface area (TPSA) is 136 Å². The molecule has 0 saturated heterocycles. The molecule has 0 unspecified atom stereocenters. The fraction of sp³-hybridized carbons (Fsp3) is 0.375. The predicted molar refractivity (Wildman–Crippen MR) is 94.4 cm³/mol. The number of nitrogens with zero attached hydrogens (tertiary/aromatic N) is 1. The lowest BCUT2D eigenvalue weighted by Crippen LogP contribution is -2.12. The highest BCUT2D eigenvalue weighted by Crippen LogP contribution is 2.30. The second-order valence-corrected chi connectivity index (χ2v) is 5.85. The number of aromatic nitrogens is 1. The third-order valence-corrected chi connectivity index (χ3v) is 3.61. The molecule has 0 fully saturated rings. The number of amides is 2. The second kappa shape index (κ2) is 10.2. The molecule has 25 heavy (non-hydrogen) atoms. The summed E-state index contributed by atoms with van der Waals surface area (Å²) in [7, 11) is 0. The van der Waals surface area contributed by atoms with Gasteiger partial charge >= 0.3 is 5.97 Å². The summed E-state index contributed by atoms with van der Waals surface area (Å²) >= 11 is 1.42. The average molecular weight is 367 g/mol. The number of carboxylic acid groups (broad SMARTS) is 1. The third-order valence-electron chi connectivity index (χ3n) is 2.93. The van der Waals surface area contributed by atoms with Gasteiger partial charge in [-0.15, -0.1) is 0 Å². The van der Waals surface area contributed by atoms with E-state index in [9.17, 15) is 19.5 Å². The number of hydrogen-bond acceptors (Lipinski definition) is 6. The van der Waals surface area contributed by atoms with Crippen molar-refractivity contribution in [1.82, 2.24) is 5.16 Å². The maximum absolute atomic E-state index is 11.5. The van der Waals surface area contributed by atoms with E-state index in [2.05, 4.69) is 10.5 Å². The Bertz CT molecular complexity index is 709. The van der Waals surface area contributed by atoms with Gasteiger partial charge in [-0.05, 0) is 24.3 Å². The van der Waals surface area contributed by atoms with Crippen molar-refractivity contribution < 1.29 is 24.0 Å². The Kier molecular flexibility index (Phi) is 8.34. The summed E-state index contributed by atoms with van der Waals surface area (Å²) in [6, 6.07) is 1.74. The molecule has 0 aliphatic rings. The van der Waals surface area contributed by atoms with Crippen molar-refractivity contribution in [3.63, 3.8) is 0 Å². The van der Waals surface area contributed by atoms with E-state index in [0.717, 1.165) is 6.42 Å². The Morgan fingerprint density at radius 1 is 1.28 bits per heavy atom. The Hall–Kier alpha value is -2.68. The minimum absolute atomic E-state index is 0.118. The van der Waals surface area contributed by atoms with Gasteiger partial charge in [0.25, 0.3) is 0 Å². The van der Waals surface area contributed by atoms with Gasteiger partial charge in [-0.2, -0.15) is 11.3 Å². The highest BCUT2D eigenvalue weighted by molar-refractivity contribution is 7.08. The van der Waals surface area contributed by atoms with Crippen LogP contribution in [-0.4, -0.2) is 28.0 Å². The van der Waals surface area contributed by atoms with Crippen LogP contribution in [0.1, 0.15) is 49.9 Å². The SMILES string of the molecule is CCCC(=O)Nc1onc(-c2ccsc2)c1C(=O)O.CCCC(N)=O. The smallest absolute Gasteiger partial charge is 0.343 e. The molecule has 0 aromatic carbocycles. The molecule has 2 heterocycles. The van der Waals surface area contributed by atoms with E-state index in [-0.39, 0.29) is 29.0 Å². The molecule has 9 heteroatoms. The van der Waals surface area contributed by atoms with Gasteiger partial charge in [-0.3, -0.25) is 14.9 Å². The number of carbonyl (C=O) groups excluding carboxylic acids is 2. The van der Waals surface area contributed by atoms with Crippen molar-refractivity contribution in [3.8, 4) is 11.3 Å². The fourth-order valence-electron chi connectivity index (χ4n) is 1.83. The van der Waals surface area contributed by atoms with Crippen LogP contribution in [0, 0.1) is 0 Å². The number of aromatic carboxylic acids is 1. The molecule has 0 aliphatic carbocycles. The van der Waals surface area contributed by atoms with Gasteiger partial charge in [0, 0.05) is 23.8 Å². The lowest BCUT2D eigenvalue weighted by molar-refractivity contribution is -0.118. The molecule has 0 saturated carbocycles. The van der Waals surface area contributed by atoms with E-state index in [0.29, 0.717) is 24.8 Å². The quantitative estimate of drug-likeness (QED) is 0.688. The molecular formula is C16H21N3O5S. The van der Waals surface area contributed by atoms with Crippen molar-refractivity contribution >= 4 is 35.0 Å². The highest BCUT2D eigenvalue weighted by atomic mass is 32.1. The van der Waals surface area contributed by atoms with Crippen LogP contribution in [0.4, 0.5) is 5.88 Å². The first-order valence-electron chi connectivity index (χ1n) is 7.74. The molecule has 8 nitrogen and oxygen atoms in total. The maximum atomic E-state index is 11.5. The molecule has 2 aromatic heterocycles. The van der Waals surface area contributed by atoms with Gasteiger partial charge in [0.2, 0.25) is 17.7 Å². The number of anilines is 1. The first-order chi connectivity index (χ1) is 11.9. The van der Waals surface area contributed by atoms with E-state index in [1.54, 1.807) is 11.4 Å². The van der Waals surface area contributed by atoms with Gasteiger partial charge in [0.1, 0.15) is 5.69 Å². The Morgan fingerprint density at radius 3 is 2.40 bits per heavy atom. The molecular weight excluding hydrogens is 346 g/mol. The molecule has 0 atom stereocenters. The second-order valence-electron chi connectivity index (χ2n) is 5.07. The monoisotopic (exact) mass is 367 g/mol. The standard InChI is InChI=1S/C12H12N2O4S.C4H9NO/c1-2-3-8(15)13-11-9(12(16)17)10(14-18-11)7-4-5-19-6-7;1-2-3-4(5)6/h4-6H,2-3H2,1H3,(H,13,15)(H,16,17);2-3H2,1H3,(H2,5,6). The third kappa shape index (κ3) is 6.38. The van der Waals surface area contributed by atoms with Crippen LogP contribution < -0.4 is 11.1 Å². The summed E-state index contributed by atoms with van der Waals surface area (Å²) < 4.78 is 4.94. The lowest BCUT2D eigenvalue weighted by Gasteiger charge is -2.00. The Labute approximate surface area is 149 Å². The van der Waals surface area contributed by atoms with Gasteiger partial charge in [0.05, 0.1) is 0 Å². The molecule has 2 amide bonds. The zero-order valence-electron chi connectivity index (χ0n) is 14.1. The minimum atomic E-state index is -1.19. The van der Waals surface area contributed by atoms with Crippen LogP contribution in [0.25, 0.3) is 11.3 Å². The van der Waals surface area contributed by atoms with E-state index in [1.165, 1.54) is 11.3 Å². The zero-order valence-corrected chi connectivity index (χ0v) is 14.9. The summed E-state index contributed by atoms with van der Waals surface area (Å²) in [5.74, 6) is -1.81. The van der Waals surface area contributed by atoms with Crippen molar-refractivity contribution in [2.24, 2.45) is 5.73 Å². The number of nitrogens with one attached hydrogen (secondary N) is 1. The number of thiophene rings is 1. The van der Waals surface area contributed by atoms with Crippen LogP contribution in [0.2, 0.25) is 0 Å². The van der Waals surface area contributed by atoms with Gasteiger partial charge < -0.3 is 15.4 Å². The molecule has 136 valence electrons. The lowest BCUT2D eigenvalue weighted by atomic mass is 10.1. The summed E-state index contributed by atoms with van der Waals surface area (Å²) in [5.41, 5.74) is 5.52. The van der Waals surface area contributed by atoms with Crippen LogP contribution >= 0.6 is 11.3 Å². The largest absolute Gasteiger partial charge is 0.477 e. The molecule has 0 bridgehead atoms. The van der Waals surface area contributed by atoms with Crippen molar-refractivity contribution in [2.45, 2.75) is 39.5 Å². The number of hydrogen-bond donors (Lipinski definition) is 3. The maximum Gasteiger partial charge on any atom is 0.343 e. The van der Waals surface area contributed by atoms with Crippen LogP contribution in [0.5, 0.6) is 0 Å². The van der Waals surface area contributed by atoms with E-state index >= 15 is 0 Å². The Balaban J connectivity index is 0.000000450. The predicted octanol–water partition coefficient (Wildman–Crippen LogP) is 3.11. The number of nitrogens with two attached hydrogens (primary N) is 1. The minimum Gasteiger partial charge on any atom is -0.477 e. The van der Waals surface area contributed by atoms with E-state index in [4.69, 9.17) is 10.3 Å². The molecule has 0 radical (unpaired) electrons. The van der Waals surface area contributed by atoms with Crippen molar-refractivity contribution in [3.05, 3.63) is 22.4 Å². The summed E-state index contributed by atoms with van der Waals surface area (Å²) in [4.78, 5) is 32.6. The zero-order chi connectivity index (χ0) is 18.8. The van der Waals surface area contributed by atoms with Gasteiger partial charge in [-0.25, -0.2) is 4.79 Å².